The average Bonchev–Trinajstić information content (AvgIpc) is 3.47. The number of carbonyl (C=O) groups is 3. The first-order chi connectivity index (χ1) is 17.9. The highest BCUT2D eigenvalue weighted by molar-refractivity contribution is 7.22. The number of aromatic nitrogens is 1. The van der Waals surface area contributed by atoms with E-state index in [1.54, 1.807) is 30.3 Å². The number of halogens is 1. The van der Waals surface area contributed by atoms with Crippen molar-refractivity contribution in [3.8, 4) is 5.75 Å². The van der Waals surface area contributed by atoms with Crippen molar-refractivity contribution in [2.75, 3.05) is 16.5 Å². The number of hydrogen-bond acceptors (Lipinski definition) is 7. The topological polar surface area (TPSA) is 92.2 Å². The Bertz CT molecular complexity index is 1500. The van der Waals surface area contributed by atoms with Gasteiger partial charge in [-0.15, -0.1) is 0 Å². The van der Waals surface area contributed by atoms with Crippen LogP contribution in [-0.2, 0) is 9.59 Å². The predicted molar refractivity (Wildman–Crippen MR) is 140 cm³/mol. The molecule has 37 heavy (non-hydrogen) atoms. The number of imide groups is 1. The molecule has 3 amide bonds. The molecule has 1 saturated heterocycles. The second-order valence-electron chi connectivity index (χ2n) is 8.14. The van der Waals surface area contributed by atoms with E-state index < -0.39 is 11.7 Å². The van der Waals surface area contributed by atoms with Crippen LogP contribution in [0.4, 0.5) is 15.2 Å². The van der Waals surface area contributed by atoms with E-state index >= 15 is 0 Å². The summed E-state index contributed by atoms with van der Waals surface area (Å²) in [5.74, 6) is -0.706. The lowest BCUT2D eigenvalue weighted by Gasteiger charge is -2.16. The monoisotopic (exact) mass is 516 g/mol. The van der Waals surface area contributed by atoms with Gasteiger partial charge < -0.3 is 4.74 Å². The molecule has 0 radical (unpaired) electrons. The number of ether oxygens (including phenoxy) is 1. The smallest absolute Gasteiger partial charge is 0.280 e. The summed E-state index contributed by atoms with van der Waals surface area (Å²) in [6, 6.07) is 17.6. The molecule has 0 saturated carbocycles. The van der Waals surface area contributed by atoms with Gasteiger partial charge in [0, 0.05) is 18.4 Å². The van der Waals surface area contributed by atoms with E-state index in [2.05, 4.69) is 10.1 Å². The summed E-state index contributed by atoms with van der Waals surface area (Å²) in [5.41, 5.74) is 1.95. The number of hydrogen-bond donors (Lipinski definition) is 0. The summed E-state index contributed by atoms with van der Waals surface area (Å²) in [4.78, 5) is 43.3. The van der Waals surface area contributed by atoms with Crippen molar-refractivity contribution >= 4 is 56.3 Å². The van der Waals surface area contributed by atoms with Gasteiger partial charge in [0.05, 0.1) is 28.7 Å². The summed E-state index contributed by atoms with van der Waals surface area (Å²) in [6.07, 6.45) is 1.87. The van der Waals surface area contributed by atoms with Crippen LogP contribution < -0.4 is 14.6 Å². The van der Waals surface area contributed by atoms with E-state index in [-0.39, 0.29) is 35.4 Å². The minimum atomic E-state index is -0.479. The zero-order chi connectivity index (χ0) is 25.9. The molecular formula is C27H21FN4O4S. The Labute approximate surface area is 215 Å². The van der Waals surface area contributed by atoms with Crippen molar-refractivity contribution in [1.82, 2.24) is 4.98 Å². The molecule has 0 atom stereocenters. The van der Waals surface area contributed by atoms with Crippen LogP contribution in [0.15, 0.2) is 71.8 Å². The Balaban J connectivity index is 1.47. The maximum atomic E-state index is 13.8. The Kier molecular flexibility index (Phi) is 6.74. The van der Waals surface area contributed by atoms with Crippen molar-refractivity contribution in [3.63, 3.8) is 0 Å². The SMILES string of the molecule is CCOc1ccc(/C=N/N(C(=O)c2ccc(N3C(=O)CCC3=O)cc2)c2nc3ccc(F)cc3s2)cc1. The van der Waals surface area contributed by atoms with Gasteiger partial charge in [-0.1, -0.05) is 11.3 Å². The van der Waals surface area contributed by atoms with Crippen LogP contribution >= 0.6 is 11.3 Å². The van der Waals surface area contributed by atoms with Crippen LogP contribution in [0.1, 0.15) is 35.7 Å². The standard InChI is InChI=1S/C27H21FN4O4S/c1-2-36-21-10-3-17(4-11-21)16-29-32(27-30-22-12-7-19(28)15-23(22)37-27)26(35)18-5-8-20(9-6-18)31-24(33)13-14-25(31)34/h3-12,15-16H,2,13-14H2,1H3/b29-16+. The molecule has 0 bridgehead atoms. The third-order valence-electron chi connectivity index (χ3n) is 5.65. The molecule has 2 heterocycles. The van der Waals surface area contributed by atoms with Gasteiger partial charge in [0.15, 0.2) is 0 Å². The molecule has 1 fully saturated rings. The van der Waals surface area contributed by atoms with Crippen LogP contribution in [-0.4, -0.2) is 35.5 Å². The molecule has 8 nitrogen and oxygen atoms in total. The van der Waals surface area contributed by atoms with Crippen molar-refractivity contribution in [2.45, 2.75) is 19.8 Å². The molecule has 3 aromatic carbocycles. The molecule has 0 unspecified atom stereocenters. The van der Waals surface area contributed by atoms with Gasteiger partial charge in [-0.25, -0.2) is 9.37 Å². The summed E-state index contributed by atoms with van der Waals surface area (Å²) in [5, 5.41) is 5.83. The van der Waals surface area contributed by atoms with Crippen molar-refractivity contribution in [2.24, 2.45) is 5.10 Å². The average molecular weight is 517 g/mol. The molecule has 0 aliphatic carbocycles. The van der Waals surface area contributed by atoms with Gasteiger partial charge in [-0.2, -0.15) is 10.1 Å². The van der Waals surface area contributed by atoms with E-state index in [1.165, 1.54) is 30.5 Å². The molecule has 5 rings (SSSR count). The van der Waals surface area contributed by atoms with E-state index in [4.69, 9.17) is 4.74 Å². The first-order valence-corrected chi connectivity index (χ1v) is 12.4. The Morgan fingerprint density at radius 3 is 2.46 bits per heavy atom. The first-order valence-electron chi connectivity index (χ1n) is 11.6. The van der Waals surface area contributed by atoms with Crippen LogP contribution in [0.2, 0.25) is 0 Å². The number of hydrazone groups is 1. The van der Waals surface area contributed by atoms with E-state index in [0.717, 1.165) is 32.6 Å². The number of nitrogens with zero attached hydrogens (tertiary/aromatic N) is 4. The van der Waals surface area contributed by atoms with E-state index in [9.17, 15) is 18.8 Å². The maximum absolute atomic E-state index is 13.8. The highest BCUT2D eigenvalue weighted by Gasteiger charge is 2.30. The fraction of sp³-hybridized carbons (Fsp3) is 0.148. The Morgan fingerprint density at radius 2 is 1.78 bits per heavy atom. The van der Waals surface area contributed by atoms with E-state index in [1.807, 2.05) is 19.1 Å². The quantitative estimate of drug-likeness (QED) is 0.192. The third-order valence-corrected chi connectivity index (χ3v) is 6.64. The summed E-state index contributed by atoms with van der Waals surface area (Å²) < 4.78 is 19.8. The molecule has 4 aromatic rings. The number of benzene rings is 3. The summed E-state index contributed by atoms with van der Waals surface area (Å²) >= 11 is 1.13. The molecule has 0 N–H and O–H groups in total. The molecule has 0 spiro atoms. The molecule has 1 aliphatic heterocycles. The zero-order valence-electron chi connectivity index (χ0n) is 19.8. The largest absolute Gasteiger partial charge is 0.494 e. The zero-order valence-corrected chi connectivity index (χ0v) is 20.6. The van der Waals surface area contributed by atoms with Crippen LogP contribution in [0, 0.1) is 5.82 Å². The maximum Gasteiger partial charge on any atom is 0.280 e. The summed E-state index contributed by atoms with van der Waals surface area (Å²) in [7, 11) is 0. The lowest BCUT2D eigenvalue weighted by atomic mass is 10.2. The van der Waals surface area contributed by atoms with Crippen molar-refractivity contribution < 1.29 is 23.5 Å². The number of amides is 3. The number of fused-ring (bicyclic) bond motifs is 1. The highest BCUT2D eigenvalue weighted by atomic mass is 32.1. The summed E-state index contributed by atoms with van der Waals surface area (Å²) in [6.45, 7) is 2.45. The Hall–Kier alpha value is -4.44. The molecule has 186 valence electrons. The minimum absolute atomic E-state index is 0.172. The predicted octanol–water partition coefficient (Wildman–Crippen LogP) is 5.17. The van der Waals surface area contributed by atoms with Gasteiger partial charge in [-0.05, 0) is 79.2 Å². The van der Waals surface area contributed by atoms with Gasteiger partial charge in [0.1, 0.15) is 11.6 Å². The molecule has 1 aliphatic rings. The van der Waals surface area contributed by atoms with Crippen LogP contribution in [0.5, 0.6) is 5.75 Å². The number of carbonyl (C=O) groups excluding carboxylic acids is 3. The van der Waals surface area contributed by atoms with Crippen molar-refractivity contribution in [1.29, 1.82) is 0 Å². The van der Waals surface area contributed by atoms with Gasteiger partial charge in [-0.3, -0.25) is 19.3 Å². The third kappa shape index (κ3) is 5.10. The van der Waals surface area contributed by atoms with Gasteiger partial charge in [0.25, 0.3) is 5.91 Å². The second-order valence-corrected chi connectivity index (χ2v) is 9.15. The molecule has 10 heteroatoms. The highest BCUT2D eigenvalue weighted by Crippen LogP contribution is 2.31. The number of thiazole rings is 1. The number of rotatable bonds is 7. The van der Waals surface area contributed by atoms with Gasteiger partial charge >= 0.3 is 0 Å². The first kappa shape index (κ1) is 24.3. The molecular weight excluding hydrogens is 495 g/mol. The van der Waals surface area contributed by atoms with Crippen LogP contribution in [0.3, 0.4) is 0 Å². The number of anilines is 2. The fourth-order valence-corrected chi connectivity index (χ4v) is 4.79. The Morgan fingerprint density at radius 1 is 1.08 bits per heavy atom. The minimum Gasteiger partial charge on any atom is -0.494 e. The lowest BCUT2D eigenvalue weighted by Crippen LogP contribution is -2.29. The molecule has 1 aromatic heterocycles. The normalized spacial score (nSPS) is 13.6. The lowest BCUT2D eigenvalue weighted by molar-refractivity contribution is -0.121. The van der Waals surface area contributed by atoms with E-state index in [0.29, 0.717) is 22.5 Å². The van der Waals surface area contributed by atoms with Crippen LogP contribution in [0.25, 0.3) is 10.2 Å². The second kappa shape index (κ2) is 10.3. The van der Waals surface area contributed by atoms with Gasteiger partial charge in [0.2, 0.25) is 16.9 Å². The van der Waals surface area contributed by atoms with Crippen molar-refractivity contribution in [3.05, 3.63) is 83.7 Å². The fourth-order valence-electron chi connectivity index (χ4n) is 3.85.